The van der Waals surface area contributed by atoms with Gasteiger partial charge in [0.1, 0.15) is 5.82 Å². The predicted molar refractivity (Wildman–Crippen MR) is 80.1 cm³/mol. The molecule has 0 aliphatic heterocycles. The van der Waals surface area contributed by atoms with Gasteiger partial charge < -0.3 is 9.64 Å². The molecule has 1 amide bonds. The second-order valence-corrected chi connectivity index (χ2v) is 4.89. The maximum absolute atomic E-state index is 12.8. The van der Waals surface area contributed by atoms with Crippen molar-refractivity contribution in [2.45, 2.75) is 13.3 Å². The summed E-state index contributed by atoms with van der Waals surface area (Å²) in [4.78, 5) is 17.6. The van der Waals surface area contributed by atoms with E-state index in [9.17, 15) is 9.18 Å². The Hall–Kier alpha value is -1.95. The van der Waals surface area contributed by atoms with Gasteiger partial charge in [-0.25, -0.2) is 9.38 Å². The van der Waals surface area contributed by atoms with Gasteiger partial charge in [0.2, 0.25) is 0 Å². The van der Waals surface area contributed by atoms with Gasteiger partial charge >= 0.3 is 0 Å². The topological polar surface area (TPSA) is 55.1 Å². The summed E-state index contributed by atoms with van der Waals surface area (Å²) >= 11 is 0. The number of aliphatic imine (C=N–C) groups is 1. The van der Waals surface area contributed by atoms with Crippen molar-refractivity contribution in [2.75, 3.05) is 33.8 Å². The predicted octanol–water partition coefficient (Wildman–Crippen LogP) is 0.483. The van der Waals surface area contributed by atoms with Gasteiger partial charge in [-0.3, -0.25) is 10.1 Å². The number of nitrogens with zero attached hydrogens (tertiary/aromatic N) is 1. The van der Waals surface area contributed by atoms with E-state index < -0.39 is 0 Å². The Morgan fingerprint density at radius 3 is 2.57 bits per heavy atom. The van der Waals surface area contributed by atoms with Crippen LogP contribution >= 0.6 is 0 Å². The molecule has 0 atom stereocenters. The quantitative estimate of drug-likeness (QED) is 0.456. The fourth-order valence-corrected chi connectivity index (χ4v) is 1.64. The van der Waals surface area contributed by atoms with Crippen molar-refractivity contribution in [1.29, 1.82) is 0 Å². The number of amidine groups is 1. The van der Waals surface area contributed by atoms with Crippen LogP contribution in [0.25, 0.3) is 0 Å². The third-order valence-electron chi connectivity index (χ3n) is 2.70. The maximum atomic E-state index is 12.8. The van der Waals surface area contributed by atoms with Crippen molar-refractivity contribution in [1.82, 2.24) is 5.32 Å². The Labute approximate surface area is 124 Å². The molecule has 1 aromatic carbocycles. The molecular weight excluding hydrogens is 273 g/mol. The van der Waals surface area contributed by atoms with E-state index in [1.165, 1.54) is 29.2 Å². The Kier molecular flexibility index (Phi) is 7.39. The van der Waals surface area contributed by atoms with E-state index in [1.54, 1.807) is 0 Å². The first-order valence-corrected chi connectivity index (χ1v) is 7.06. The second kappa shape index (κ2) is 9.07. The summed E-state index contributed by atoms with van der Waals surface area (Å²) in [6.45, 7) is 3.82. The summed E-state index contributed by atoms with van der Waals surface area (Å²) in [6, 6.07) is 5.53. The van der Waals surface area contributed by atoms with E-state index in [0.29, 0.717) is 18.7 Å². The number of quaternary nitrogens is 1. The molecule has 0 aromatic heterocycles. The van der Waals surface area contributed by atoms with E-state index >= 15 is 0 Å². The van der Waals surface area contributed by atoms with E-state index in [0.717, 1.165) is 13.0 Å². The lowest BCUT2D eigenvalue weighted by molar-refractivity contribution is -0.858. The van der Waals surface area contributed by atoms with Gasteiger partial charge in [0.25, 0.3) is 11.9 Å². The van der Waals surface area contributed by atoms with Crippen molar-refractivity contribution >= 4 is 11.9 Å². The number of halogens is 1. The number of rotatable bonds is 6. The third kappa shape index (κ3) is 6.85. The maximum Gasteiger partial charge on any atom is 0.291 e. The van der Waals surface area contributed by atoms with Gasteiger partial charge in [-0.15, -0.1) is 0 Å². The van der Waals surface area contributed by atoms with E-state index in [2.05, 4.69) is 24.4 Å². The van der Waals surface area contributed by atoms with Crippen molar-refractivity contribution in [3.63, 3.8) is 0 Å². The van der Waals surface area contributed by atoms with Gasteiger partial charge in [0.05, 0.1) is 27.2 Å². The first-order valence-electron chi connectivity index (χ1n) is 7.06. The molecule has 0 saturated heterocycles. The normalized spacial score (nSPS) is 11.6. The lowest BCUT2D eigenvalue weighted by Gasteiger charge is -2.10. The zero-order valence-electron chi connectivity index (χ0n) is 12.8. The van der Waals surface area contributed by atoms with Gasteiger partial charge in [-0.2, -0.15) is 0 Å². The Balaban J connectivity index is 2.58. The average molecular weight is 296 g/mol. The Morgan fingerprint density at radius 2 is 2.00 bits per heavy atom. The first-order chi connectivity index (χ1) is 10.0. The van der Waals surface area contributed by atoms with Crippen LogP contribution in [0.4, 0.5) is 4.39 Å². The van der Waals surface area contributed by atoms with Crippen LogP contribution in [0.2, 0.25) is 0 Å². The first kappa shape index (κ1) is 17.1. The molecule has 6 heteroatoms. The van der Waals surface area contributed by atoms with Crippen molar-refractivity contribution in [3.8, 4) is 0 Å². The number of hydrogen-bond acceptors (Lipinski definition) is 3. The van der Waals surface area contributed by atoms with Gasteiger partial charge in [-0.1, -0.05) is 0 Å². The van der Waals surface area contributed by atoms with Crippen molar-refractivity contribution < 1.29 is 18.8 Å². The number of hydrogen-bond donors (Lipinski definition) is 2. The molecule has 0 fully saturated rings. The van der Waals surface area contributed by atoms with E-state index in [-0.39, 0.29) is 17.7 Å². The van der Waals surface area contributed by atoms with E-state index in [4.69, 9.17) is 4.74 Å². The second-order valence-electron chi connectivity index (χ2n) is 4.89. The highest BCUT2D eigenvalue weighted by atomic mass is 19.1. The number of ether oxygens (including phenoxy) is 1. The summed E-state index contributed by atoms with van der Waals surface area (Å²) in [6.07, 6.45) is 0.908. The number of carbonyl (C=O) groups excluding carboxylic acids is 1. The van der Waals surface area contributed by atoms with Crippen LogP contribution < -0.4 is 10.2 Å². The van der Waals surface area contributed by atoms with Crippen LogP contribution in [-0.4, -0.2) is 45.7 Å². The molecule has 21 heavy (non-hydrogen) atoms. The summed E-state index contributed by atoms with van der Waals surface area (Å²) in [5, 5.41) is 2.60. The lowest BCUT2D eigenvalue weighted by Crippen LogP contribution is -3.05. The molecule has 0 unspecified atom stereocenters. The molecule has 0 bridgehead atoms. The fraction of sp³-hybridized carbons (Fsp3) is 0.467. The van der Waals surface area contributed by atoms with Crippen molar-refractivity contribution in [3.05, 3.63) is 35.6 Å². The van der Waals surface area contributed by atoms with Gasteiger partial charge in [-0.05, 0) is 31.2 Å². The van der Waals surface area contributed by atoms with Gasteiger partial charge in [0.15, 0.2) is 0 Å². The molecule has 2 N–H and O–H groups in total. The molecule has 5 nitrogen and oxygen atoms in total. The molecule has 1 aromatic rings. The molecular formula is C15H23FN3O2+. The zero-order valence-corrected chi connectivity index (χ0v) is 12.8. The zero-order chi connectivity index (χ0) is 15.7. The Morgan fingerprint density at radius 1 is 1.33 bits per heavy atom. The molecule has 0 aliphatic rings. The number of benzene rings is 1. The third-order valence-corrected chi connectivity index (χ3v) is 2.70. The number of amides is 1. The average Bonchev–Trinajstić information content (AvgIpc) is 2.44. The monoisotopic (exact) mass is 296 g/mol. The molecule has 1 rings (SSSR count). The van der Waals surface area contributed by atoms with Crippen LogP contribution in [0, 0.1) is 5.82 Å². The fourth-order valence-electron chi connectivity index (χ4n) is 1.64. The van der Waals surface area contributed by atoms with Crippen LogP contribution in [0.1, 0.15) is 23.7 Å². The molecule has 0 spiro atoms. The highest BCUT2D eigenvalue weighted by molar-refractivity contribution is 6.04. The largest absolute Gasteiger partial charge is 0.465 e. The highest BCUT2D eigenvalue weighted by Crippen LogP contribution is 2.02. The van der Waals surface area contributed by atoms with E-state index in [1.807, 2.05) is 6.92 Å². The Bertz CT molecular complexity index is 472. The standard InChI is InChI=1S/C15H22FN3O2/c1-4-21-15(17-10-5-11-19(2)3)18-14(20)12-6-8-13(16)9-7-12/h6-9H,4-5,10-11H2,1-3H3,(H,17,18,20)/p+1. The molecule has 0 saturated carbocycles. The minimum Gasteiger partial charge on any atom is -0.465 e. The molecule has 0 radical (unpaired) electrons. The minimum absolute atomic E-state index is 0.209. The minimum atomic E-state index is -0.378. The lowest BCUT2D eigenvalue weighted by atomic mass is 10.2. The highest BCUT2D eigenvalue weighted by Gasteiger charge is 2.09. The van der Waals surface area contributed by atoms with Crippen molar-refractivity contribution in [2.24, 2.45) is 4.99 Å². The number of carbonyl (C=O) groups is 1. The summed E-state index contributed by atoms with van der Waals surface area (Å²) in [5.41, 5.74) is 0.363. The molecule has 0 heterocycles. The smallest absolute Gasteiger partial charge is 0.291 e. The molecule has 0 aliphatic carbocycles. The summed E-state index contributed by atoms with van der Waals surface area (Å²) < 4.78 is 18.1. The SMILES string of the molecule is CCOC(=NCCC[NH+](C)C)NC(=O)c1ccc(F)cc1. The van der Waals surface area contributed by atoms with Crippen LogP contribution in [0.15, 0.2) is 29.3 Å². The van der Waals surface area contributed by atoms with Crippen LogP contribution in [0.3, 0.4) is 0 Å². The summed E-state index contributed by atoms with van der Waals surface area (Å²) in [7, 11) is 4.15. The molecule has 116 valence electrons. The number of nitrogens with one attached hydrogen (secondary N) is 2. The van der Waals surface area contributed by atoms with Crippen LogP contribution in [-0.2, 0) is 4.74 Å². The van der Waals surface area contributed by atoms with Gasteiger partial charge in [0, 0.05) is 18.5 Å². The van der Waals surface area contributed by atoms with Crippen LogP contribution in [0.5, 0.6) is 0 Å². The summed E-state index contributed by atoms with van der Waals surface area (Å²) in [5.74, 6) is -0.739.